The summed E-state index contributed by atoms with van der Waals surface area (Å²) in [6.45, 7) is 3.81. The minimum atomic E-state index is -0.335. The van der Waals surface area contributed by atoms with Crippen LogP contribution in [0.25, 0.3) is 22.1 Å². The lowest BCUT2D eigenvalue weighted by Gasteiger charge is -2.12. The third-order valence-electron chi connectivity index (χ3n) is 4.58. The highest BCUT2D eigenvalue weighted by Gasteiger charge is 2.15. The van der Waals surface area contributed by atoms with E-state index in [-0.39, 0.29) is 18.6 Å². The number of fused-ring (bicyclic) bond motifs is 1. The van der Waals surface area contributed by atoms with E-state index in [0.29, 0.717) is 51.3 Å². The van der Waals surface area contributed by atoms with Crippen LogP contribution in [-0.2, 0) is 13.2 Å². The fraction of sp³-hybridized carbons (Fsp3) is 0.261. The van der Waals surface area contributed by atoms with Crippen molar-refractivity contribution in [2.45, 2.75) is 27.1 Å². The zero-order valence-corrected chi connectivity index (χ0v) is 16.7. The number of allylic oxidation sites excluding steroid dienone is 1. The quantitative estimate of drug-likeness (QED) is 0.591. The summed E-state index contributed by atoms with van der Waals surface area (Å²) in [5, 5.41) is 19.4. The first kappa shape index (κ1) is 20.6. The lowest BCUT2D eigenvalue weighted by atomic mass is 10.0. The molecule has 2 aromatic carbocycles. The SMILES string of the molecule is COc1ccc(-c2coc3cc(CO)cc(CO)c3c2=O)cc1OCC=C(C)C. The standard InChI is InChI=1S/C23H24O6/c1-14(2)6-7-28-20-10-16(4-5-19(20)27-3)18-13-29-21-9-15(11-24)8-17(12-25)22(21)23(18)26/h4-6,8-10,13,24-25H,7,11-12H2,1-3H3. The van der Waals surface area contributed by atoms with E-state index in [4.69, 9.17) is 13.9 Å². The topological polar surface area (TPSA) is 89.1 Å². The molecule has 6 nitrogen and oxygen atoms in total. The van der Waals surface area contributed by atoms with Crippen LogP contribution in [0.15, 0.2) is 57.5 Å². The molecule has 2 N–H and O–H groups in total. The van der Waals surface area contributed by atoms with Crippen LogP contribution >= 0.6 is 0 Å². The van der Waals surface area contributed by atoms with Crippen LogP contribution in [-0.4, -0.2) is 23.9 Å². The molecule has 0 aliphatic carbocycles. The zero-order chi connectivity index (χ0) is 21.0. The molecule has 0 aliphatic heterocycles. The highest BCUT2D eigenvalue weighted by Crippen LogP contribution is 2.32. The van der Waals surface area contributed by atoms with Crippen molar-refractivity contribution in [3.05, 3.63) is 69.6 Å². The third-order valence-corrected chi connectivity index (χ3v) is 4.58. The van der Waals surface area contributed by atoms with E-state index in [0.717, 1.165) is 5.57 Å². The van der Waals surface area contributed by atoms with E-state index < -0.39 is 0 Å². The first-order valence-electron chi connectivity index (χ1n) is 9.22. The average molecular weight is 396 g/mol. The second-order valence-electron chi connectivity index (χ2n) is 6.88. The maximum atomic E-state index is 13.2. The number of aliphatic hydroxyl groups is 2. The molecule has 1 heterocycles. The van der Waals surface area contributed by atoms with Crippen molar-refractivity contribution in [1.82, 2.24) is 0 Å². The van der Waals surface area contributed by atoms with Crippen molar-refractivity contribution in [3.8, 4) is 22.6 Å². The van der Waals surface area contributed by atoms with Crippen LogP contribution < -0.4 is 14.9 Å². The number of aliphatic hydroxyl groups excluding tert-OH is 2. The Labute approximate surface area is 168 Å². The molecule has 0 spiro atoms. The molecule has 0 unspecified atom stereocenters. The Balaban J connectivity index is 2.11. The largest absolute Gasteiger partial charge is 0.493 e. The summed E-state index contributed by atoms with van der Waals surface area (Å²) in [5.41, 5.74) is 3.13. The number of hydrogen-bond acceptors (Lipinski definition) is 6. The summed E-state index contributed by atoms with van der Waals surface area (Å²) in [5.74, 6) is 1.07. The first-order chi connectivity index (χ1) is 14.0. The Kier molecular flexibility index (Phi) is 6.36. The summed E-state index contributed by atoms with van der Waals surface area (Å²) >= 11 is 0. The van der Waals surface area contributed by atoms with Gasteiger partial charge in [-0.1, -0.05) is 17.7 Å². The smallest absolute Gasteiger partial charge is 0.200 e. The summed E-state index contributed by atoms with van der Waals surface area (Å²) in [6, 6.07) is 8.42. The highest BCUT2D eigenvalue weighted by atomic mass is 16.5. The number of ether oxygens (including phenoxy) is 2. The highest BCUT2D eigenvalue weighted by molar-refractivity contribution is 5.85. The van der Waals surface area contributed by atoms with E-state index in [1.807, 2.05) is 19.9 Å². The number of rotatable bonds is 7. The maximum Gasteiger partial charge on any atom is 0.200 e. The van der Waals surface area contributed by atoms with Crippen molar-refractivity contribution in [3.63, 3.8) is 0 Å². The van der Waals surface area contributed by atoms with Gasteiger partial charge in [-0.2, -0.15) is 0 Å². The van der Waals surface area contributed by atoms with Crippen molar-refractivity contribution < 1.29 is 24.1 Å². The average Bonchev–Trinajstić information content (AvgIpc) is 2.72. The van der Waals surface area contributed by atoms with Gasteiger partial charge >= 0.3 is 0 Å². The van der Waals surface area contributed by atoms with Gasteiger partial charge in [0.2, 0.25) is 5.43 Å². The summed E-state index contributed by atoms with van der Waals surface area (Å²) in [6.07, 6.45) is 3.33. The van der Waals surface area contributed by atoms with Gasteiger partial charge in [0, 0.05) is 0 Å². The number of hydrogen-bond donors (Lipinski definition) is 2. The number of benzene rings is 2. The van der Waals surface area contributed by atoms with Crippen LogP contribution in [0.4, 0.5) is 0 Å². The Morgan fingerprint density at radius 1 is 1.10 bits per heavy atom. The van der Waals surface area contributed by atoms with Gasteiger partial charge in [-0.05, 0) is 54.8 Å². The fourth-order valence-corrected chi connectivity index (χ4v) is 3.07. The van der Waals surface area contributed by atoms with Gasteiger partial charge in [0.05, 0.1) is 31.3 Å². The van der Waals surface area contributed by atoms with Crippen molar-refractivity contribution >= 4 is 11.0 Å². The molecule has 0 atom stereocenters. The van der Waals surface area contributed by atoms with Gasteiger partial charge in [0.25, 0.3) is 0 Å². The van der Waals surface area contributed by atoms with Gasteiger partial charge in [0.1, 0.15) is 18.5 Å². The third kappa shape index (κ3) is 4.34. The molecule has 3 rings (SSSR count). The van der Waals surface area contributed by atoms with E-state index in [2.05, 4.69) is 0 Å². The molecular formula is C23H24O6. The van der Waals surface area contributed by atoms with Crippen LogP contribution in [0.1, 0.15) is 25.0 Å². The Hall–Kier alpha value is -3.09. The predicted octanol–water partition coefficient (Wildman–Crippen LogP) is 3.80. The van der Waals surface area contributed by atoms with Gasteiger partial charge < -0.3 is 24.1 Å². The zero-order valence-electron chi connectivity index (χ0n) is 16.7. The summed E-state index contributed by atoms with van der Waals surface area (Å²) < 4.78 is 16.8. The molecule has 1 aromatic heterocycles. The molecule has 0 aliphatic rings. The Bertz CT molecular complexity index is 1110. The van der Waals surface area contributed by atoms with E-state index in [1.165, 1.54) is 6.26 Å². The monoisotopic (exact) mass is 396 g/mol. The normalized spacial score (nSPS) is 10.8. The van der Waals surface area contributed by atoms with Gasteiger partial charge in [-0.3, -0.25) is 4.79 Å². The summed E-state index contributed by atoms with van der Waals surface area (Å²) in [7, 11) is 1.55. The van der Waals surface area contributed by atoms with E-state index in [9.17, 15) is 15.0 Å². The summed E-state index contributed by atoms with van der Waals surface area (Å²) in [4.78, 5) is 13.2. The van der Waals surface area contributed by atoms with Crippen molar-refractivity contribution in [1.29, 1.82) is 0 Å². The van der Waals surface area contributed by atoms with Gasteiger partial charge in [-0.15, -0.1) is 0 Å². The Morgan fingerprint density at radius 3 is 2.55 bits per heavy atom. The molecule has 0 saturated carbocycles. The lowest BCUT2D eigenvalue weighted by molar-refractivity contribution is 0.276. The van der Waals surface area contributed by atoms with Gasteiger partial charge in [-0.25, -0.2) is 0 Å². The maximum absolute atomic E-state index is 13.2. The predicted molar refractivity (Wildman–Crippen MR) is 111 cm³/mol. The molecule has 3 aromatic rings. The van der Waals surface area contributed by atoms with Crippen molar-refractivity contribution in [2.24, 2.45) is 0 Å². The van der Waals surface area contributed by atoms with Crippen LogP contribution in [0, 0.1) is 0 Å². The second-order valence-corrected chi connectivity index (χ2v) is 6.88. The number of methoxy groups -OCH3 is 1. The lowest BCUT2D eigenvalue weighted by Crippen LogP contribution is -2.08. The van der Waals surface area contributed by atoms with E-state index >= 15 is 0 Å². The van der Waals surface area contributed by atoms with Gasteiger partial charge in [0.15, 0.2) is 11.5 Å². The molecule has 29 heavy (non-hydrogen) atoms. The molecule has 0 fully saturated rings. The minimum Gasteiger partial charge on any atom is -0.493 e. The van der Waals surface area contributed by atoms with E-state index in [1.54, 1.807) is 37.4 Å². The van der Waals surface area contributed by atoms with Crippen molar-refractivity contribution in [2.75, 3.05) is 13.7 Å². The van der Waals surface area contributed by atoms with Crippen LogP contribution in [0.2, 0.25) is 0 Å². The molecular weight excluding hydrogens is 372 g/mol. The molecule has 6 heteroatoms. The second kappa shape index (κ2) is 8.94. The fourth-order valence-electron chi connectivity index (χ4n) is 3.07. The minimum absolute atomic E-state index is 0.209. The molecule has 0 saturated heterocycles. The first-order valence-corrected chi connectivity index (χ1v) is 9.22. The van der Waals surface area contributed by atoms with Crippen LogP contribution in [0.3, 0.4) is 0 Å². The molecule has 0 bridgehead atoms. The molecule has 152 valence electrons. The molecule has 0 amide bonds. The molecule has 0 radical (unpaired) electrons. The Morgan fingerprint density at radius 2 is 1.90 bits per heavy atom. The van der Waals surface area contributed by atoms with Crippen LogP contribution in [0.5, 0.6) is 11.5 Å².